The van der Waals surface area contributed by atoms with Crippen LogP contribution >= 0.6 is 23.3 Å². The number of nitrogens with two attached hydrogens (primary N) is 1. The molecule has 2 aromatic rings. The number of anilines is 1. The summed E-state index contributed by atoms with van der Waals surface area (Å²) in [4.78, 5) is 12.3. The van der Waals surface area contributed by atoms with Crippen LogP contribution in [0.2, 0.25) is 5.02 Å². The van der Waals surface area contributed by atoms with Gasteiger partial charge in [0.1, 0.15) is 11.0 Å². The van der Waals surface area contributed by atoms with E-state index in [0.29, 0.717) is 22.6 Å². The number of hydrogen-bond donors (Lipinski definition) is 2. The van der Waals surface area contributed by atoms with Gasteiger partial charge in [0.25, 0.3) is 0 Å². The first-order valence-corrected chi connectivity index (χ1v) is 7.05. The van der Waals surface area contributed by atoms with Crippen molar-refractivity contribution >= 4 is 46.0 Å². The Kier molecular flexibility index (Phi) is 4.03. The Labute approximate surface area is 120 Å². The van der Waals surface area contributed by atoms with E-state index in [2.05, 4.69) is 14.1 Å². The van der Waals surface area contributed by atoms with Gasteiger partial charge in [-0.1, -0.05) is 18.5 Å². The molecule has 0 fully saturated rings. The summed E-state index contributed by atoms with van der Waals surface area (Å²) in [6.07, 6.45) is 0.651. The van der Waals surface area contributed by atoms with Crippen LogP contribution < -0.4 is 11.1 Å². The molecule has 0 bridgehead atoms. The van der Waals surface area contributed by atoms with Gasteiger partial charge in [-0.25, -0.2) is 0 Å². The molecule has 0 aliphatic carbocycles. The summed E-state index contributed by atoms with van der Waals surface area (Å²) >= 11 is 7.22. The fraction of sp³-hybridized carbons (Fsp3) is 0.417. The van der Waals surface area contributed by atoms with Gasteiger partial charge in [-0.2, -0.15) is 8.75 Å². The van der Waals surface area contributed by atoms with Crippen molar-refractivity contribution in [3.05, 3.63) is 17.2 Å². The van der Waals surface area contributed by atoms with Crippen LogP contribution in [0.4, 0.5) is 5.69 Å². The molecular weight excluding hydrogens is 284 g/mol. The van der Waals surface area contributed by atoms with E-state index >= 15 is 0 Å². The van der Waals surface area contributed by atoms with Crippen molar-refractivity contribution in [2.24, 2.45) is 11.1 Å². The minimum Gasteiger partial charge on any atom is -0.329 e. The van der Waals surface area contributed by atoms with Gasteiger partial charge in [0.15, 0.2) is 0 Å². The highest BCUT2D eigenvalue weighted by Gasteiger charge is 2.30. The van der Waals surface area contributed by atoms with Crippen LogP contribution in [0.25, 0.3) is 11.0 Å². The highest BCUT2D eigenvalue weighted by atomic mass is 35.5. The molecule has 1 atom stereocenters. The van der Waals surface area contributed by atoms with E-state index in [0.717, 1.165) is 17.2 Å². The number of halogens is 1. The van der Waals surface area contributed by atoms with Crippen molar-refractivity contribution in [3.63, 3.8) is 0 Å². The van der Waals surface area contributed by atoms with Crippen molar-refractivity contribution in [3.8, 4) is 0 Å². The van der Waals surface area contributed by atoms with E-state index in [1.165, 1.54) is 0 Å². The number of nitrogens with zero attached hydrogens (tertiary/aromatic N) is 2. The summed E-state index contributed by atoms with van der Waals surface area (Å²) < 4.78 is 8.29. The zero-order valence-electron chi connectivity index (χ0n) is 10.7. The Morgan fingerprint density at radius 3 is 2.89 bits per heavy atom. The van der Waals surface area contributed by atoms with Gasteiger partial charge in [0.05, 0.1) is 27.9 Å². The molecule has 2 rings (SSSR count). The molecule has 1 amide bonds. The number of aromatic nitrogens is 2. The number of benzene rings is 1. The molecule has 0 saturated carbocycles. The Bertz CT molecular complexity index is 609. The molecule has 0 aliphatic rings. The van der Waals surface area contributed by atoms with E-state index in [-0.39, 0.29) is 12.5 Å². The lowest BCUT2D eigenvalue weighted by atomic mass is 9.86. The number of amides is 1. The second-order valence-electron chi connectivity index (χ2n) is 4.63. The van der Waals surface area contributed by atoms with Crippen LogP contribution in [0.5, 0.6) is 0 Å². The average Bonchev–Trinajstić information content (AvgIpc) is 2.89. The van der Waals surface area contributed by atoms with Crippen LogP contribution in [-0.2, 0) is 4.79 Å². The molecule has 1 heterocycles. The summed E-state index contributed by atoms with van der Waals surface area (Å²) in [7, 11) is 0. The standard InChI is InChI=1S/C12H15ClN4OS/c1-3-12(2,6-14)11(18)15-9-7(13)4-5-8-10(9)17-19-16-8/h4-5H,3,6,14H2,1-2H3,(H,15,18). The predicted molar refractivity (Wildman–Crippen MR) is 78.5 cm³/mol. The normalized spacial score (nSPS) is 14.3. The topological polar surface area (TPSA) is 80.9 Å². The van der Waals surface area contributed by atoms with Gasteiger partial charge in [-0.3, -0.25) is 4.79 Å². The maximum absolute atomic E-state index is 12.3. The SMILES string of the molecule is CCC(C)(CN)C(=O)Nc1c(Cl)ccc2nsnc12. The smallest absolute Gasteiger partial charge is 0.231 e. The summed E-state index contributed by atoms with van der Waals surface area (Å²) in [6, 6.07) is 3.48. The van der Waals surface area contributed by atoms with Gasteiger partial charge < -0.3 is 11.1 Å². The average molecular weight is 299 g/mol. The van der Waals surface area contributed by atoms with Crippen LogP contribution in [0.1, 0.15) is 20.3 Å². The maximum atomic E-state index is 12.3. The Balaban J connectivity index is 2.38. The molecule has 0 aliphatic heterocycles. The molecule has 0 saturated heterocycles. The summed E-state index contributed by atoms with van der Waals surface area (Å²) in [6.45, 7) is 4.03. The summed E-state index contributed by atoms with van der Waals surface area (Å²) in [5, 5.41) is 3.28. The van der Waals surface area contributed by atoms with Gasteiger partial charge in [-0.05, 0) is 25.5 Å². The number of carbonyl (C=O) groups excluding carboxylic acids is 1. The van der Waals surface area contributed by atoms with Crippen LogP contribution in [0.3, 0.4) is 0 Å². The first kappa shape index (κ1) is 14.2. The lowest BCUT2D eigenvalue weighted by Gasteiger charge is -2.25. The largest absolute Gasteiger partial charge is 0.329 e. The number of hydrogen-bond acceptors (Lipinski definition) is 5. The third-order valence-corrected chi connectivity index (χ3v) is 4.25. The van der Waals surface area contributed by atoms with Crippen molar-refractivity contribution < 1.29 is 4.79 Å². The summed E-state index contributed by atoms with van der Waals surface area (Å²) in [5.74, 6) is -0.153. The number of rotatable bonds is 4. The van der Waals surface area contributed by atoms with E-state index in [1.807, 2.05) is 13.8 Å². The first-order chi connectivity index (χ1) is 9.01. The van der Waals surface area contributed by atoms with Crippen molar-refractivity contribution in [2.45, 2.75) is 20.3 Å². The number of fused-ring (bicyclic) bond motifs is 1. The second kappa shape index (κ2) is 5.40. The molecule has 1 aromatic heterocycles. The lowest BCUT2D eigenvalue weighted by Crippen LogP contribution is -2.39. The van der Waals surface area contributed by atoms with Crippen LogP contribution in [-0.4, -0.2) is 21.2 Å². The Morgan fingerprint density at radius 2 is 2.26 bits per heavy atom. The molecule has 0 spiro atoms. The number of carbonyl (C=O) groups is 1. The second-order valence-corrected chi connectivity index (χ2v) is 5.56. The van der Waals surface area contributed by atoms with E-state index in [1.54, 1.807) is 12.1 Å². The molecule has 5 nitrogen and oxygen atoms in total. The van der Waals surface area contributed by atoms with Crippen molar-refractivity contribution in [2.75, 3.05) is 11.9 Å². The monoisotopic (exact) mass is 298 g/mol. The molecule has 1 unspecified atom stereocenters. The molecular formula is C12H15ClN4OS. The number of nitrogens with one attached hydrogen (secondary N) is 1. The van der Waals surface area contributed by atoms with Gasteiger partial charge in [0, 0.05) is 6.54 Å². The maximum Gasteiger partial charge on any atom is 0.231 e. The highest BCUT2D eigenvalue weighted by molar-refractivity contribution is 7.00. The van der Waals surface area contributed by atoms with Gasteiger partial charge in [-0.15, -0.1) is 0 Å². The van der Waals surface area contributed by atoms with Crippen LogP contribution in [0, 0.1) is 5.41 Å². The Morgan fingerprint density at radius 1 is 1.53 bits per heavy atom. The molecule has 1 aromatic carbocycles. The van der Waals surface area contributed by atoms with Gasteiger partial charge >= 0.3 is 0 Å². The molecule has 7 heteroatoms. The molecule has 0 radical (unpaired) electrons. The molecule has 3 N–H and O–H groups in total. The fourth-order valence-corrected chi connectivity index (χ4v) is 2.35. The minimum atomic E-state index is -0.616. The minimum absolute atomic E-state index is 0.153. The summed E-state index contributed by atoms with van der Waals surface area (Å²) in [5.41, 5.74) is 6.90. The lowest BCUT2D eigenvalue weighted by molar-refractivity contribution is -0.124. The van der Waals surface area contributed by atoms with E-state index < -0.39 is 5.41 Å². The van der Waals surface area contributed by atoms with Crippen molar-refractivity contribution in [1.29, 1.82) is 0 Å². The van der Waals surface area contributed by atoms with E-state index in [9.17, 15) is 4.79 Å². The molecule has 102 valence electrons. The fourth-order valence-electron chi connectivity index (χ4n) is 1.61. The van der Waals surface area contributed by atoms with Crippen LogP contribution in [0.15, 0.2) is 12.1 Å². The first-order valence-electron chi connectivity index (χ1n) is 5.94. The third kappa shape index (κ3) is 2.56. The Hall–Kier alpha value is -1.24. The van der Waals surface area contributed by atoms with E-state index in [4.69, 9.17) is 17.3 Å². The zero-order valence-corrected chi connectivity index (χ0v) is 12.3. The zero-order chi connectivity index (χ0) is 14.0. The third-order valence-electron chi connectivity index (χ3n) is 3.39. The van der Waals surface area contributed by atoms with Crippen molar-refractivity contribution in [1.82, 2.24) is 8.75 Å². The predicted octanol–water partition coefficient (Wildman–Crippen LogP) is 2.66. The quantitative estimate of drug-likeness (QED) is 0.909. The van der Waals surface area contributed by atoms with Gasteiger partial charge in [0.2, 0.25) is 5.91 Å². The highest BCUT2D eigenvalue weighted by Crippen LogP contribution is 2.32. The molecule has 19 heavy (non-hydrogen) atoms.